The number of carbonyl (C=O) groups excluding carboxylic acids is 1. The van der Waals surface area contributed by atoms with Crippen LogP contribution in [0.2, 0.25) is 0 Å². The number of carboxylic acids is 1. The maximum absolute atomic E-state index is 12.3. The van der Waals surface area contributed by atoms with Crippen molar-refractivity contribution in [1.29, 1.82) is 0 Å². The van der Waals surface area contributed by atoms with Crippen molar-refractivity contribution in [2.24, 2.45) is 11.8 Å². The quantitative estimate of drug-likeness (QED) is 0.588. The molecule has 0 bridgehead atoms. The number of aromatic nitrogens is 2. The molecule has 9 heteroatoms. The van der Waals surface area contributed by atoms with Gasteiger partial charge < -0.3 is 24.0 Å². The van der Waals surface area contributed by atoms with Gasteiger partial charge in [-0.15, -0.1) is 0 Å². The van der Waals surface area contributed by atoms with E-state index in [2.05, 4.69) is 10.1 Å². The van der Waals surface area contributed by atoms with Gasteiger partial charge in [-0.1, -0.05) is 18.0 Å². The fourth-order valence-electron chi connectivity index (χ4n) is 4.13. The van der Waals surface area contributed by atoms with E-state index in [1.54, 1.807) is 37.2 Å². The van der Waals surface area contributed by atoms with Crippen LogP contribution in [0.15, 0.2) is 22.9 Å². The lowest BCUT2D eigenvalue weighted by molar-refractivity contribution is -0.143. The van der Waals surface area contributed by atoms with Crippen molar-refractivity contribution < 1.29 is 28.7 Å². The van der Waals surface area contributed by atoms with Gasteiger partial charge in [-0.05, 0) is 57.1 Å². The van der Waals surface area contributed by atoms with Gasteiger partial charge in [-0.25, -0.2) is 9.78 Å². The lowest BCUT2D eigenvalue weighted by atomic mass is 9.87. The number of aliphatic carboxylic acids is 1. The summed E-state index contributed by atoms with van der Waals surface area (Å²) in [5.74, 6) is 0.667. The molecule has 2 atom stereocenters. The summed E-state index contributed by atoms with van der Waals surface area (Å²) < 4.78 is 16.9. The molecule has 1 N–H and O–H groups in total. The van der Waals surface area contributed by atoms with E-state index >= 15 is 0 Å². The summed E-state index contributed by atoms with van der Waals surface area (Å²) in [5, 5.41) is 13.3. The van der Waals surface area contributed by atoms with E-state index in [4.69, 9.17) is 14.0 Å². The number of hydrogen-bond acceptors (Lipinski definition) is 7. The molecule has 178 valence electrons. The van der Waals surface area contributed by atoms with Crippen LogP contribution >= 0.6 is 0 Å². The zero-order valence-corrected chi connectivity index (χ0v) is 19.2. The normalized spacial score (nSPS) is 20.3. The topological polar surface area (TPSA) is 115 Å². The highest BCUT2D eigenvalue weighted by Gasteiger charge is 2.28. The summed E-state index contributed by atoms with van der Waals surface area (Å²) in [6.45, 7) is 2.54. The number of ether oxygens (including phenoxy) is 2. The second-order valence-electron chi connectivity index (χ2n) is 9.10. The number of hydrogen-bond donors (Lipinski definition) is 1. The summed E-state index contributed by atoms with van der Waals surface area (Å²) in [6.07, 6.45) is 7.49. The number of pyridine rings is 1. The van der Waals surface area contributed by atoms with E-state index in [1.165, 1.54) is 12.8 Å². The third-order valence-corrected chi connectivity index (χ3v) is 6.45. The molecule has 2 heterocycles. The standard InChI is InChI=1S/C24H31N3O6/c1-15-20(14-31-24(30)27(2)11-10-16-6-7-16)22(33-26-15)21-9-8-19(13-25-21)32-18-5-3-4-17(12-18)23(28)29/h8-9,13,16-18H,3-7,10-12,14H2,1-2H3,(H,28,29)/t17-,18-/m0/s1. The molecule has 2 aromatic rings. The predicted molar refractivity (Wildman–Crippen MR) is 119 cm³/mol. The highest BCUT2D eigenvalue weighted by molar-refractivity contribution is 5.70. The van der Waals surface area contributed by atoms with E-state index in [0.717, 1.165) is 25.2 Å². The molecule has 0 saturated heterocycles. The Balaban J connectivity index is 1.35. The molecule has 2 aliphatic rings. The van der Waals surface area contributed by atoms with Crippen LogP contribution in [-0.4, -0.2) is 51.9 Å². The Morgan fingerprint density at radius 1 is 1.24 bits per heavy atom. The largest absolute Gasteiger partial charge is 0.489 e. The summed E-state index contributed by atoms with van der Waals surface area (Å²) in [6, 6.07) is 3.55. The first-order valence-electron chi connectivity index (χ1n) is 11.6. The first-order valence-corrected chi connectivity index (χ1v) is 11.6. The Kier molecular flexibility index (Phi) is 7.15. The Labute approximate surface area is 193 Å². The Hall–Kier alpha value is -3.10. The number of amides is 1. The van der Waals surface area contributed by atoms with Crippen molar-refractivity contribution in [2.75, 3.05) is 13.6 Å². The van der Waals surface area contributed by atoms with Gasteiger partial charge in [0.1, 0.15) is 18.1 Å². The van der Waals surface area contributed by atoms with Crippen LogP contribution in [0, 0.1) is 18.8 Å². The van der Waals surface area contributed by atoms with Gasteiger partial charge in [0, 0.05) is 13.6 Å². The Morgan fingerprint density at radius 3 is 2.76 bits per heavy atom. The lowest BCUT2D eigenvalue weighted by Gasteiger charge is -2.27. The average molecular weight is 458 g/mol. The average Bonchev–Trinajstić information content (AvgIpc) is 3.57. The number of carbonyl (C=O) groups is 2. The fourth-order valence-corrected chi connectivity index (χ4v) is 4.13. The third kappa shape index (κ3) is 6.03. The number of rotatable bonds is 9. The molecule has 2 saturated carbocycles. The van der Waals surface area contributed by atoms with Crippen molar-refractivity contribution in [1.82, 2.24) is 15.0 Å². The summed E-state index contributed by atoms with van der Waals surface area (Å²) >= 11 is 0. The molecular formula is C24H31N3O6. The molecule has 4 rings (SSSR count). The lowest BCUT2D eigenvalue weighted by Crippen LogP contribution is -2.29. The fraction of sp³-hybridized carbons (Fsp3) is 0.583. The van der Waals surface area contributed by atoms with Crippen LogP contribution < -0.4 is 4.74 Å². The summed E-state index contributed by atoms with van der Waals surface area (Å²) in [4.78, 5) is 29.6. The highest BCUT2D eigenvalue weighted by atomic mass is 16.6. The van der Waals surface area contributed by atoms with Gasteiger partial charge in [0.15, 0.2) is 5.76 Å². The van der Waals surface area contributed by atoms with Crippen LogP contribution in [0.3, 0.4) is 0 Å². The molecule has 9 nitrogen and oxygen atoms in total. The summed E-state index contributed by atoms with van der Waals surface area (Å²) in [7, 11) is 1.75. The number of carboxylic acid groups (broad SMARTS) is 1. The number of aryl methyl sites for hydroxylation is 1. The van der Waals surface area contributed by atoms with Gasteiger partial charge in [0.05, 0.1) is 29.5 Å². The monoisotopic (exact) mass is 457 g/mol. The van der Waals surface area contributed by atoms with E-state index < -0.39 is 5.97 Å². The third-order valence-electron chi connectivity index (χ3n) is 6.45. The van der Waals surface area contributed by atoms with Gasteiger partial charge >= 0.3 is 12.1 Å². The SMILES string of the molecule is Cc1noc(-c2ccc(O[C@H]3CCC[C@H](C(=O)O)C3)cn2)c1COC(=O)N(C)CCC1CC1. The molecule has 0 aliphatic heterocycles. The molecule has 0 radical (unpaired) electrons. The van der Waals surface area contributed by atoms with Gasteiger partial charge in [0.25, 0.3) is 0 Å². The second kappa shape index (κ2) is 10.2. The van der Waals surface area contributed by atoms with Crippen molar-refractivity contribution in [3.63, 3.8) is 0 Å². The van der Waals surface area contributed by atoms with Crippen molar-refractivity contribution >= 4 is 12.1 Å². The molecule has 2 aliphatic carbocycles. The molecule has 2 aromatic heterocycles. The predicted octanol–water partition coefficient (Wildman–Crippen LogP) is 4.44. The first-order chi connectivity index (χ1) is 15.9. The van der Waals surface area contributed by atoms with Crippen LogP contribution in [0.5, 0.6) is 5.75 Å². The molecule has 33 heavy (non-hydrogen) atoms. The van der Waals surface area contributed by atoms with Gasteiger partial charge in [-0.2, -0.15) is 0 Å². The maximum atomic E-state index is 12.3. The summed E-state index contributed by atoms with van der Waals surface area (Å²) in [5.41, 5.74) is 1.88. The zero-order valence-electron chi connectivity index (χ0n) is 19.2. The van der Waals surface area contributed by atoms with Crippen molar-refractivity contribution in [3.05, 3.63) is 29.6 Å². The maximum Gasteiger partial charge on any atom is 0.409 e. The van der Waals surface area contributed by atoms with E-state index in [1.807, 2.05) is 0 Å². The smallest absolute Gasteiger partial charge is 0.409 e. The minimum Gasteiger partial charge on any atom is -0.489 e. The first kappa shape index (κ1) is 23.1. The van der Waals surface area contributed by atoms with Crippen molar-refractivity contribution in [3.8, 4) is 17.2 Å². The molecule has 1 amide bonds. The van der Waals surface area contributed by atoms with Gasteiger partial charge in [0.2, 0.25) is 0 Å². The molecular weight excluding hydrogens is 426 g/mol. The Morgan fingerprint density at radius 2 is 2.06 bits per heavy atom. The van der Waals surface area contributed by atoms with E-state index in [9.17, 15) is 14.7 Å². The van der Waals surface area contributed by atoms with Crippen LogP contribution in [0.4, 0.5) is 4.79 Å². The number of nitrogens with zero attached hydrogens (tertiary/aromatic N) is 3. The Bertz CT molecular complexity index is 969. The zero-order chi connectivity index (χ0) is 23.4. The van der Waals surface area contributed by atoms with E-state index in [-0.39, 0.29) is 24.7 Å². The molecule has 2 fully saturated rings. The van der Waals surface area contributed by atoms with Crippen LogP contribution in [0.1, 0.15) is 56.2 Å². The highest BCUT2D eigenvalue weighted by Crippen LogP contribution is 2.32. The van der Waals surface area contributed by atoms with E-state index in [0.29, 0.717) is 47.8 Å². The minimum absolute atomic E-state index is 0.0514. The molecule has 0 spiro atoms. The molecule has 0 unspecified atom stereocenters. The van der Waals surface area contributed by atoms with Crippen LogP contribution in [0.25, 0.3) is 11.5 Å². The van der Waals surface area contributed by atoms with Gasteiger partial charge in [-0.3, -0.25) is 4.79 Å². The second-order valence-corrected chi connectivity index (χ2v) is 9.10. The molecule has 0 aromatic carbocycles. The minimum atomic E-state index is -0.764. The van der Waals surface area contributed by atoms with Crippen LogP contribution in [-0.2, 0) is 16.1 Å². The van der Waals surface area contributed by atoms with Crippen molar-refractivity contribution in [2.45, 2.75) is 64.6 Å².